The summed E-state index contributed by atoms with van der Waals surface area (Å²) in [6.07, 6.45) is 9.29. The molecule has 2 aromatic carbocycles. The van der Waals surface area contributed by atoms with E-state index in [1.54, 1.807) is 42.2 Å². The summed E-state index contributed by atoms with van der Waals surface area (Å²) in [6, 6.07) is 14.4. The summed E-state index contributed by atoms with van der Waals surface area (Å²) in [5, 5.41) is 0.909. The van der Waals surface area contributed by atoms with E-state index in [9.17, 15) is 8.42 Å². The van der Waals surface area contributed by atoms with Crippen molar-refractivity contribution in [1.29, 1.82) is 0 Å². The Balaban J connectivity index is 1.18. The molecule has 3 aliphatic rings. The lowest BCUT2D eigenvalue weighted by atomic mass is 9.99. The smallest absolute Gasteiger partial charge is 0.210 e. The molecule has 0 saturated carbocycles. The fourth-order valence-corrected chi connectivity index (χ4v) is 9.95. The molecule has 1 aromatic heterocycles. The van der Waals surface area contributed by atoms with Crippen LogP contribution in [0.4, 0.5) is 5.69 Å². The molecule has 262 valence electrons. The molecule has 3 aromatic rings. The first-order valence-electron chi connectivity index (χ1n) is 18.1. The number of hydrogen-bond donors (Lipinski definition) is 0. The Bertz CT molecular complexity index is 1610. The minimum Gasteiger partial charge on any atom is -0.491 e. The fraction of sp³-hybridized carbons (Fsp3) is 0.605. The minimum atomic E-state index is -3.84. The number of likely N-dealkylation sites (tertiary alicyclic amines) is 1. The predicted molar refractivity (Wildman–Crippen MR) is 198 cm³/mol. The summed E-state index contributed by atoms with van der Waals surface area (Å²) in [6.45, 7) is 18.5. The van der Waals surface area contributed by atoms with Crippen LogP contribution in [0.1, 0.15) is 59.8 Å². The van der Waals surface area contributed by atoms with Crippen molar-refractivity contribution >= 4 is 38.2 Å². The molecule has 1 atom stereocenters. The van der Waals surface area contributed by atoms with Gasteiger partial charge in [0.05, 0.1) is 22.2 Å². The SMILES string of the molecule is CCN1CCC(N2CCN(C3CCN(c4c(S(=O)(=O)c5ccc(OC(C)CC(C)C)cc5)cnc5ccc(SC)cc45)CC3)CC2)CC1. The lowest BCUT2D eigenvalue weighted by Gasteiger charge is -2.46. The predicted octanol–water partition coefficient (Wildman–Crippen LogP) is 6.67. The zero-order valence-electron chi connectivity index (χ0n) is 29.6. The Morgan fingerprint density at radius 3 is 2.02 bits per heavy atom. The highest BCUT2D eigenvalue weighted by molar-refractivity contribution is 7.98. The van der Waals surface area contributed by atoms with Gasteiger partial charge in [0.2, 0.25) is 9.84 Å². The largest absolute Gasteiger partial charge is 0.491 e. The zero-order chi connectivity index (χ0) is 33.8. The molecule has 3 fully saturated rings. The third-order valence-electron chi connectivity index (χ3n) is 10.7. The molecule has 0 bridgehead atoms. The molecule has 3 aliphatic heterocycles. The van der Waals surface area contributed by atoms with E-state index in [-0.39, 0.29) is 15.9 Å². The molecule has 1 unspecified atom stereocenters. The Hall–Kier alpha value is -2.37. The van der Waals surface area contributed by atoms with Crippen molar-refractivity contribution < 1.29 is 13.2 Å². The molecule has 6 rings (SSSR count). The Morgan fingerprint density at radius 1 is 0.854 bits per heavy atom. The van der Waals surface area contributed by atoms with Gasteiger partial charge in [0.15, 0.2) is 0 Å². The number of rotatable bonds is 11. The van der Waals surface area contributed by atoms with Crippen LogP contribution in [0.2, 0.25) is 0 Å². The molecule has 4 heterocycles. The molecule has 0 aliphatic carbocycles. The minimum absolute atomic E-state index is 0.0603. The highest BCUT2D eigenvalue weighted by atomic mass is 32.2. The third kappa shape index (κ3) is 7.99. The van der Waals surface area contributed by atoms with Crippen LogP contribution in [0.5, 0.6) is 5.75 Å². The van der Waals surface area contributed by atoms with Gasteiger partial charge in [-0.3, -0.25) is 14.8 Å². The monoisotopic (exact) mass is 693 g/mol. The van der Waals surface area contributed by atoms with Crippen molar-refractivity contribution in [3.05, 3.63) is 48.7 Å². The molecule has 10 heteroatoms. The topological polar surface area (TPSA) is 69.2 Å². The number of fused-ring (bicyclic) bond motifs is 1. The number of piperidine rings is 2. The first-order valence-corrected chi connectivity index (χ1v) is 20.8. The first-order chi connectivity index (χ1) is 23.2. The first kappa shape index (κ1) is 35.5. The van der Waals surface area contributed by atoms with E-state index in [1.807, 2.05) is 6.07 Å². The van der Waals surface area contributed by atoms with Gasteiger partial charge >= 0.3 is 0 Å². The number of sulfone groups is 1. The van der Waals surface area contributed by atoms with Crippen molar-refractivity contribution in [1.82, 2.24) is 19.7 Å². The molecule has 0 N–H and O–H groups in total. The second kappa shape index (κ2) is 15.7. The van der Waals surface area contributed by atoms with Crippen LogP contribution in [-0.2, 0) is 9.84 Å². The Labute approximate surface area is 293 Å². The number of nitrogens with zero attached hydrogens (tertiary/aromatic N) is 5. The number of benzene rings is 2. The normalized spacial score (nSPS) is 20.5. The van der Waals surface area contributed by atoms with Crippen LogP contribution < -0.4 is 9.64 Å². The summed E-state index contributed by atoms with van der Waals surface area (Å²) in [5.74, 6) is 1.22. The van der Waals surface area contributed by atoms with Crippen LogP contribution in [0.3, 0.4) is 0 Å². The maximum Gasteiger partial charge on any atom is 0.210 e. The number of piperazine rings is 1. The highest BCUT2D eigenvalue weighted by Crippen LogP contribution is 2.39. The Morgan fingerprint density at radius 2 is 1.46 bits per heavy atom. The number of aromatic nitrogens is 1. The number of hydrogen-bond acceptors (Lipinski definition) is 9. The second-order valence-electron chi connectivity index (χ2n) is 14.3. The van der Waals surface area contributed by atoms with Crippen molar-refractivity contribution in [3.8, 4) is 5.75 Å². The number of anilines is 1. The van der Waals surface area contributed by atoms with Crippen LogP contribution >= 0.6 is 11.8 Å². The highest BCUT2D eigenvalue weighted by Gasteiger charge is 2.33. The second-order valence-corrected chi connectivity index (χ2v) is 17.1. The van der Waals surface area contributed by atoms with Gasteiger partial charge in [-0.25, -0.2) is 8.42 Å². The van der Waals surface area contributed by atoms with Crippen molar-refractivity contribution in [2.24, 2.45) is 5.92 Å². The number of pyridine rings is 1. The molecule has 0 amide bonds. The molecule has 48 heavy (non-hydrogen) atoms. The molecule has 8 nitrogen and oxygen atoms in total. The van der Waals surface area contributed by atoms with Gasteiger partial charge < -0.3 is 14.5 Å². The third-order valence-corrected chi connectivity index (χ3v) is 13.2. The number of ether oxygens (including phenoxy) is 1. The van der Waals surface area contributed by atoms with Crippen molar-refractivity contribution in [2.75, 3.05) is 70.1 Å². The van der Waals surface area contributed by atoms with Gasteiger partial charge in [0, 0.05) is 67.8 Å². The van der Waals surface area contributed by atoms with E-state index in [4.69, 9.17) is 4.74 Å². The maximum atomic E-state index is 14.4. The molecular weight excluding hydrogens is 639 g/mol. The summed E-state index contributed by atoms with van der Waals surface area (Å²) < 4.78 is 34.8. The van der Waals surface area contributed by atoms with E-state index in [0.717, 1.165) is 86.1 Å². The summed E-state index contributed by atoms with van der Waals surface area (Å²) >= 11 is 1.67. The quantitative estimate of drug-likeness (QED) is 0.205. The van der Waals surface area contributed by atoms with E-state index < -0.39 is 9.84 Å². The van der Waals surface area contributed by atoms with Gasteiger partial charge in [0.25, 0.3) is 0 Å². The van der Waals surface area contributed by atoms with Crippen LogP contribution in [0, 0.1) is 5.92 Å². The van der Waals surface area contributed by atoms with E-state index in [2.05, 4.69) is 70.7 Å². The van der Waals surface area contributed by atoms with Crippen LogP contribution in [0.25, 0.3) is 10.9 Å². The average molecular weight is 694 g/mol. The van der Waals surface area contributed by atoms with Crippen LogP contribution in [-0.4, -0.2) is 111 Å². The lowest BCUT2D eigenvalue weighted by molar-refractivity contribution is 0.0384. The van der Waals surface area contributed by atoms with E-state index in [0.29, 0.717) is 17.7 Å². The van der Waals surface area contributed by atoms with Gasteiger partial charge in [-0.05, 0) is 113 Å². The van der Waals surface area contributed by atoms with Crippen LogP contribution in [0.15, 0.2) is 63.3 Å². The lowest BCUT2D eigenvalue weighted by Crippen LogP contribution is -2.56. The summed E-state index contributed by atoms with van der Waals surface area (Å²) in [5.41, 5.74) is 1.62. The van der Waals surface area contributed by atoms with E-state index >= 15 is 0 Å². The van der Waals surface area contributed by atoms with Gasteiger partial charge in [0.1, 0.15) is 10.6 Å². The Kier molecular flexibility index (Phi) is 11.6. The fourth-order valence-electron chi connectivity index (χ4n) is 8.08. The average Bonchev–Trinajstić information content (AvgIpc) is 3.11. The van der Waals surface area contributed by atoms with Gasteiger partial charge in [-0.2, -0.15) is 0 Å². The van der Waals surface area contributed by atoms with Crippen molar-refractivity contribution in [2.45, 2.75) is 92.7 Å². The molecule has 0 radical (unpaired) electrons. The molecule has 3 saturated heterocycles. The molecular formula is C38H55N5O3S2. The summed E-state index contributed by atoms with van der Waals surface area (Å²) in [7, 11) is -3.84. The number of thioether (sulfide) groups is 1. The maximum absolute atomic E-state index is 14.4. The van der Waals surface area contributed by atoms with E-state index in [1.165, 1.54) is 32.5 Å². The van der Waals surface area contributed by atoms with Gasteiger partial charge in [-0.15, -0.1) is 11.8 Å². The zero-order valence-corrected chi connectivity index (χ0v) is 31.2. The summed E-state index contributed by atoms with van der Waals surface area (Å²) in [4.78, 5) is 16.7. The van der Waals surface area contributed by atoms with Gasteiger partial charge in [-0.1, -0.05) is 20.8 Å². The van der Waals surface area contributed by atoms with Crippen molar-refractivity contribution in [3.63, 3.8) is 0 Å². The molecule has 0 spiro atoms. The standard InChI is InChI=1S/C38H55N5O3S2/c1-6-40-17-13-30(14-18-40)41-21-23-42(24-22-41)31-15-19-43(20-16-31)38-35-26-33(47-5)9-12-36(35)39-27-37(38)48(44,45)34-10-7-32(8-11-34)46-29(4)25-28(2)3/h7-12,26-31H,6,13-25H2,1-5H3.